The van der Waals surface area contributed by atoms with Gasteiger partial charge in [-0.05, 0) is 48.9 Å². The maximum atomic E-state index is 13.1. The zero-order chi connectivity index (χ0) is 22.0. The van der Waals surface area contributed by atoms with Crippen molar-refractivity contribution in [3.05, 3.63) is 93.9 Å². The summed E-state index contributed by atoms with van der Waals surface area (Å²) < 4.78 is 11.7. The van der Waals surface area contributed by atoms with Crippen molar-refractivity contribution >= 4 is 33.4 Å². The molecule has 3 aromatic rings. The smallest absolute Gasteiger partial charge is 0.296 e. The van der Waals surface area contributed by atoms with Gasteiger partial charge in [-0.1, -0.05) is 40.2 Å². The van der Waals surface area contributed by atoms with Gasteiger partial charge >= 0.3 is 0 Å². The van der Waals surface area contributed by atoms with Gasteiger partial charge in [-0.15, -0.1) is 0 Å². The molecule has 0 aliphatic carbocycles. The minimum absolute atomic E-state index is 0.0308. The van der Waals surface area contributed by atoms with Gasteiger partial charge in [0.15, 0.2) is 0 Å². The standard InChI is InChI=1S/C24H20BrNO5/c1-2-30-18-9-4-7-16(13-18)22(27)20-21(15-6-3-8-17(25)12-15)26(24(29)23(20)28)14-19-10-5-11-31-19/h3-13,21,27H,2,14H2,1H3. The molecule has 2 heterocycles. The van der Waals surface area contributed by atoms with Crippen LogP contribution in [0.1, 0.15) is 29.9 Å². The lowest BCUT2D eigenvalue weighted by Crippen LogP contribution is -2.29. The molecule has 1 unspecified atom stereocenters. The molecule has 4 rings (SSSR count). The summed E-state index contributed by atoms with van der Waals surface area (Å²) in [7, 11) is 0. The van der Waals surface area contributed by atoms with Gasteiger partial charge in [0.1, 0.15) is 17.3 Å². The Hall–Kier alpha value is -3.32. The molecule has 0 radical (unpaired) electrons. The van der Waals surface area contributed by atoms with E-state index in [2.05, 4.69) is 15.9 Å². The molecule has 2 aromatic carbocycles. The summed E-state index contributed by atoms with van der Waals surface area (Å²) in [5.41, 5.74) is 1.13. The molecule has 158 valence electrons. The minimum Gasteiger partial charge on any atom is -0.507 e. The third-order valence-corrected chi connectivity index (χ3v) is 5.52. The first-order valence-electron chi connectivity index (χ1n) is 9.79. The first kappa shape index (κ1) is 20.9. The summed E-state index contributed by atoms with van der Waals surface area (Å²) in [6.45, 7) is 2.43. The lowest BCUT2D eigenvalue weighted by atomic mass is 9.95. The van der Waals surface area contributed by atoms with E-state index in [1.165, 1.54) is 11.2 Å². The van der Waals surface area contributed by atoms with Crippen LogP contribution < -0.4 is 4.74 Å². The fourth-order valence-electron chi connectivity index (χ4n) is 3.69. The summed E-state index contributed by atoms with van der Waals surface area (Å²) in [6, 6.07) is 16.8. The number of carbonyl (C=O) groups is 2. The van der Waals surface area contributed by atoms with Crippen LogP contribution in [0, 0.1) is 0 Å². The molecule has 1 amide bonds. The zero-order valence-electron chi connectivity index (χ0n) is 16.7. The van der Waals surface area contributed by atoms with E-state index in [-0.39, 0.29) is 17.9 Å². The van der Waals surface area contributed by atoms with Crippen molar-refractivity contribution in [1.29, 1.82) is 0 Å². The number of amides is 1. The molecule has 7 heteroatoms. The van der Waals surface area contributed by atoms with Crippen molar-refractivity contribution in [2.45, 2.75) is 19.5 Å². The van der Waals surface area contributed by atoms with Crippen molar-refractivity contribution < 1.29 is 23.8 Å². The largest absolute Gasteiger partial charge is 0.507 e. The van der Waals surface area contributed by atoms with Crippen LogP contribution in [0.15, 0.2) is 81.4 Å². The van der Waals surface area contributed by atoms with Crippen molar-refractivity contribution in [3.63, 3.8) is 0 Å². The highest BCUT2D eigenvalue weighted by Gasteiger charge is 2.46. The summed E-state index contributed by atoms with van der Waals surface area (Å²) in [6.07, 6.45) is 1.51. The molecule has 0 bridgehead atoms. The van der Waals surface area contributed by atoms with E-state index in [0.717, 1.165) is 4.47 Å². The quantitative estimate of drug-likeness (QED) is 0.302. The summed E-state index contributed by atoms with van der Waals surface area (Å²) in [5, 5.41) is 11.1. The number of hydrogen-bond donors (Lipinski definition) is 1. The summed E-state index contributed by atoms with van der Waals surface area (Å²) >= 11 is 3.45. The van der Waals surface area contributed by atoms with Crippen molar-refractivity contribution in [2.24, 2.45) is 0 Å². The normalized spacial score (nSPS) is 17.9. The summed E-state index contributed by atoms with van der Waals surface area (Å²) in [5.74, 6) is -0.567. The third-order valence-electron chi connectivity index (χ3n) is 5.03. The Morgan fingerprint density at radius 2 is 1.94 bits per heavy atom. The Morgan fingerprint density at radius 3 is 2.65 bits per heavy atom. The molecule has 0 spiro atoms. The lowest BCUT2D eigenvalue weighted by molar-refractivity contribution is -0.140. The van der Waals surface area contributed by atoms with E-state index >= 15 is 0 Å². The van der Waals surface area contributed by atoms with Gasteiger partial charge in [0.25, 0.3) is 11.7 Å². The van der Waals surface area contributed by atoms with E-state index < -0.39 is 17.7 Å². The average molecular weight is 482 g/mol. The molecule has 1 fully saturated rings. The Kier molecular flexibility index (Phi) is 5.95. The number of nitrogens with zero attached hydrogens (tertiary/aromatic N) is 1. The van der Waals surface area contributed by atoms with Crippen LogP contribution in [0.5, 0.6) is 5.75 Å². The zero-order valence-corrected chi connectivity index (χ0v) is 18.3. The number of likely N-dealkylation sites (tertiary alicyclic amines) is 1. The van der Waals surface area contributed by atoms with E-state index in [1.807, 2.05) is 31.2 Å². The second kappa shape index (κ2) is 8.81. The van der Waals surface area contributed by atoms with Crippen molar-refractivity contribution in [2.75, 3.05) is 6.61 Å². The molecule has 1 aliphatic rings. The lowest BCUT2D eigenvalue weighted by Gasteiger charge is -2.24. The fourth-order valence-corrected chi connectivity index (χ4v) is 4.11. The fraction of sp³-hybridized carbons (Fsp3) is 0.167. The van der Waals surface area contributed by atoms with E-state index in [1.54, 1.807) is 36.4 Å². The summed E-state index contributed by atoms with van der Waals surface area (Å²) in [4.78, 5) is 27.4. The number of ketones is 1. The highest BCUT2D eigenvalue weighted by molar-refractivity contribution is 9.10. The van der Waals surface area contributed by atoms with Crippen LogP contribution in [0.25, 0.3) is 5.76 Å². The number of aliphatic hydroxyl groups excluding tert-OH is 1. The number of Topliss-reactive ketones (excluding diaryl/α,β-unsaturated/α-hetero) is 1. The van der Waals surface area contributed by atoms with Gasteiger partial charge < -0.3 is 19.2 Å². The number of carbonyl (C=O) groups excluding carboxylic acids is 2. The number of ether oxygens (including phenoxy) is 1. The number of benzene rings is 2. The van der Waals surface area contributed by atoms with E-state index in [0.29, 0.717) is 29.2 Å². The monoisotopic (exact) mass is 481 g/mol. The minimum atomic E-state index is -0.765. The Labute approximate surface area is 187 Å². The molecule has 6 nitrogen and oxygen atoms in total. The van der Waals surface area contributed by atoms with Crippen LogP contribution in [-0.4, -0.2) is 28.3 Å². The maximum absolute atomic E-state index is 13.1. The first-order valence-corrected chi connectivity index (χ1v) is 10.6. The average Bonchev–Trinajstić information content (AvgIpc) is 3.36. The molecular weight excluding hydrogens is 462 g/mol. The Morgan fingerprint density at radius 1 is 1.13 bits per heavy atom. The molecule has 1 aliphatic heterocycles. The number of halogens is 1. The van der Waals surface area contributed by atoms with Gasteiger partial charge in [0.2, 0.25) is 0 Å². The number of hydrogen-bond acceptors (Lipinski definition) is 5. The first-order chi connectivity index (χ1) is 15.0. The van der Waals surface area contributed by atoms with Crippen LogP contribution in [0.3, 0.4) is 0 Å². The third kappa shape index (κ3) is 4.14. The highest BCUT2D eigenvalue weighted by Crippen LogP contribution is 2.41. The van der Waals surface area contributed by atoms with Crippen molar-refractivity contribution in [1.82, 2.24) is 4.90 Å². The van der Waals surface area contributed by atoms with Gasteiger partial charge in [-0.25, -0.2) is 0 Å². The number of rotatable bonds is 6. The molecule has 1 saturated heterocycles. The van der Waals surface area contributed by atoms with E-state index in [9.17, 15) is 14.7 Å². The molecule has 0 saturated carbocycles. The SMILES string of the molecule is CCOc1cccc(C(O)=C2C(=O)C(=O)N(Cc3ccco3)C2c2cccc(Br)c2)c1. The predicted octanol–water partition coefficient (Wildman–Crippen LogP) is 5.06. The van der Waals surface area contributed by atoms with Crippen LogP contribution in [-0.2, 0) is 16.1 Å². The highest BCUT2D eigenvalue weighted by atomic mass is 79.9. The molecule has 1 atom stereocenters. The van der Waals surface area contributed by atoms with Crippen molar-refractivity contribution in [3.8, 4) is 5.75 Å². The number of aliphatic hydroxyl groups is 1. The van der Waals surface area contributed by atoms with Gasteiger partial charge in [0, 0.05) is 10.0 Å². The second-order valence-electron chi connectivity index (χ2n) is 7.02. The molecule has 1 N–H and O–H groups in total. The molecule has 31 heavy (non-hydrogen) atoms. The van der Waals surface area contributed by atoms with Gasteiger partial charge in [-0.2, -0.15) is 0 Å². The van der Waals surface area contributed by atoms with Crippen LogP contribution in [0.4, 0.5) is 0 Å². The van der Waals surface area contributed by atoms with E-state index in [4.69, 9.17) is 9.15 Å². The Bertz CT molecular complexity index is 1150. The van der Waals surface area contributed by atoms with Crippen LogP contribution in [0.2, 0.25) is 0 Å². The van der Waals surface area contributed by atoms with Gasteiger partial charge in [-0.3, -0.25) is 9.59 Å². The molecular formula is C24H20BrNO5. The Balaban J connectivity index is 1.86. The second-order valence-corrected chi connectivity index (χ2v) is 7.94. The number of furan rings is 1. The topological polar surface area (TPSA) is 80.0 Å². The van der Waals surface area contributed by atoms with Gasteiger partial charge in [0.05, 0.1) is 31.0 Å². The maximum Gasteiger partial charge on any atom is 0.296 e. The van der Waals surface area contributed by atoms with Crippen LogP contribution >= 0.6 is 15.9 Å². The molecule has 1 aromatic heterocycles. The predicted molar refractivity (Wildman–Crippen MR) is 118 cm³/mol.